The van der Waals surface area contributed by atoms with Crippen LogP contribution in [-0.4, -0.2) is 17.6 Å². The predicted molar refractivity (Wildman–Crippen MR) is 71.0 cm³/mol. The van der Waals surface area contributed by atoms with Crippen LogP contribution in [0.2, 0.25) is 0 Å². The summed E-state index contributed by atoms with van der Waals surface area (Å²) in [6.45, 7) is -0.322. The van der Waals surface area contributed by atoms with E-state index in [-0.39, 0.29) is 18.1 Å². The highest BCUT2D eigenvalue weighted by Gasteiger charge is 2.20. The molecule has 100 valence electrons. The number of aliphatic hydroxyl groups excluding tert-OH is 1. The summed E-state index contributed by atoms with van der Waals surface area (Å²) in [5, 5.41) is 11.3. The van der Waals surface area contributed by atoms with Gasteiger partial charge in [-0.3, -0.25) is 4.79 Å². The molecule has 2 N–H and O–H groups in total. The maximum absolute atomic E-state index is 13.4. The molecule has 0 bridgehead atoms. The van der Waals surface area contributed by atoms with Crippen molar-refractivity contribution in [2.45, 2.75) is 25.7 Å². The van der Waals surface area contributed by atoms with Crippen molar-refractivity contribution in [3.8, 4) is 11.8 Å². The van der Waals surface area contributed by atoms with E-state index in [1.165, 1.54) is 24.6 Å². The number of amides is 1. The minimum Gasteiger partial charge on any atom is -0.384 e. The van der Waals surface area contributed by atoms with Gasteiger partial charge in [-0.05, 0) is 37.0 Å². The summed E-state index contributed by atoms with van der Waals surface area (Å²) < 4.78 is 13.4. The molecule has 0 atom stereocenters. The lowest BCUT2D eigenvalue weighted by Crippen LogP contribution is -2.20. The Balaban J connectivity index is 2.01. The van der Waals surface area contributed by atoms with Gasteiger partial charge in [0.1, 0.15) is 12.4 Å². The van der Waals surface area contributed by atoms with Gasteiger partial charge in [0.15, 0.2) is 0 Å². The average molecular weight is 261 g/mol. The molecule has 3 nitrogen and oxygen atoms in total. The molecule has 1 aliphatic carbocycles. The molecular formula is C15H16FNO2. The summed E-state index contributed by atoms with van der Waals surface area (Å²) in [6, 6.07) is 4.26. The smallest absolute Gasteiger partial charge is 0.224 e. The Morgan fingerprint density at radius 3 is 2.89 bits per heavy atom. The Morgan fingerprint density at radius 2 is 2.26 bits per heavy atom. The molecule has 1 fully saturated rings. The Labute approximate surface area is 111 Å². The number of benzene rings is 1. The molecule has 4 heteroatoms. The molecule has 1 aromatic rings. The van der Waals surface area contributed by atoms with Crippen LogP contribution in [0.3, 0.4) is 0 Å². The lowest BCUT2D eigenvalue weighted by atomic mass is 9.83. The Bertz CT molecular complexity index is 527. The van der Waals surface area contributed by atoms with Crippen LogP contribution >= 0.6 is 0 Å². The first-order chi connectivity index (χ1) is 9.19. The van der Waals surface area contributed by atoms with E-state index >= 15 is 0 Å². The van der Waals surface area contributed by atoms with Crippen LogP contribution in [0, 0.1) is 23.6 Å². The third kappa shape index (κ3) is 3.80. The summed E-state index contributed by atoms with van der Waals surface area (Å²) in [6.07, 6.45) is 3.96. The van der Waals surface area contributed by atoms with Gasteiger partial charge < -0.3 is 10.4 Å². The van der Waals surface area contributed by atoms with Crippen LogP contribution in [0.5, 0.6) is 0 Å². The third-order valence-electron chi connectivity index (χ3n) is 3.25. The van der Waals surface area contributed by atoms with Crippen LogP contribution in [-0.2, 0) is 4.79 Å². The number of aliphatic hydroxyl groups is 1. The van der Waals surface area contributed by atoms with Gasteiger partial charge in [-0.1, -0.05) is 18.3 Å². The summed E-state index contributed by atoms with van der Waals surface area (Å²) in [5.41, 5.74) is 0.712. The molecule has 0 heterocycles. The fourth-order valence-corrected chi connectivity index (χ4v) is 2.00. The average Bonchev–Trinajstić information content (AvgIpc) is 2.34. The second-order valence-corrected chi connectivity index (χ2v) is 4.70. The highest BCUT2D eigenvalue weighted by Crippen LogP contribution is 2.29. The topological polar surface area (TPSA) is 49.3 Å². The van der Waals surface area contributed by atoms with E-state index < -0.39 is 5.82 Å². The number of halogens is 1. The van der Waals surface area contributed by atoms with Crippen molar-refractivity contribution in [1.82, 2.24) is 0 Å². The monoisotopic (exact) mass is 261 g/mol. The Kier molecular flexibility index (Phi) is 4.53. The van der Waals surface area contributed by atoms with Crippen molar-refractivity contribution < 1.29 is 14.3 Å². The van der Waals surface area contributed by atoms with E-state index in [1.807, 2.05) is 0 Å². The van der Waals surface area contributed by atoms with E-state index in [1.54, 1.807) is 0 Å². The quantitative estimate of drug-likeness (QED) is 0.820. The number of carbonyl (C=O) groups excluding carboxylic acids is 1. The Hall–Kier alpha value is -1.86. The van der Waals surface area contributed by atoms with Crippen LogP contribution in [0.25, 0.3) is 0 Å². The molecule has 1 saturated carbocycles. The number of hydrogen-bond donors (Lipinski definition) is 2. The van der Waals surface area contributed by atoms with Gasteiger partial charge in [-0.15, -0.1) is 0 Å². The minimum absolute atomic E-state index is 0.0441. The number of hydrogen-bond acceptors (Lipinski definition) is 2. The van der Waals surface area contributed by atoms with Gasteiger partial charge in [0, 0.05) is 12.1 Å². The maximum Gasteiger partial charge on any atom is 0.224 e. The summed E-state index contributed by atoms with van der Waals surface area (Å²) in [4.78, 5) is 11.7. The summed E-state index contributed by atoms with van der Waals surface area (Å²) >= 11 is 0. The second kappa shape index (κ2) is 6.35. The first kappa shape index (κ1) is 13.6. The lowest BCUT2D eigenvalue weighted by Gasteiger charge is -2.24. The highest BCUT2D eigenvalue weighted by atomic mass is 19.1. The maximum atomic E-state index is 13.4. The van der Waals surface area contributed by atoms with Crippen LogP contribution in [0.4, 0.5) is 10.1 Å². The minimum atomic E-state index is -0.460. The molecular weight excluding hydrogens is 245 g/mol. The molecule has 1 amide bonds. The van der Waals surface area contributed by atoms with Crippen molar-refractivity contribution in [2.24, 2.45) is 5.92 Å². The SMILES string of the molecule is O=C(CC1CCC1)Nc1ccc(F)c(C#CCO)c1. The van der Waals surface area contributed by atoms with Gasteiger partial charge in [0.05, 0.1) is 5.56 Å². The van der Waals surface area contributed by atoms with Gasteiger partial charge >= 0.3 is 0 Å². The van der Waals surface area contributed by atoms with Crippen LogP contribution in [0.15, 0.2) is 18.2 Å². The van der Waals surface area contributed by atoms with Gasteiger partial charge in [0.2, 0.25) is 5.91 Å². The summed E-state index contributed by atoms with van der Waals surface area (Å²) in [5.74, 6) is 4.89. The molecule has 0 aromatic heterocycles. The van der Waals surface area contributed by atoms with Gasteiger partial charge in [0.25, 0.3) is 0 Å². The van der Waals surface area contributed by atoms with E-state index in [9.17, 15) is 9.18 Å². The highest BCUT2D eigenvalue weighted by molar-refractivity contribution is 5.91. The zero-order chi connectivity index (χ0) is 13.7. The second-order valence-electron chi connectivity index (χ2n) is 4.70. The third-order valence-corrected chi connectivity index (χ3v) is 3.25. The first-order valence-corrected chi connectivity index (χ1v) is 6.38. The van der Waals surface area contributed by atoms with Crippen LogP contribution < -0.4 is 5.32 Å². The number of carbonyl (C=O) groups is 1. The molecule has 0 saturated heterocycles. The molecule has 19 heavy (non-hydrogen) atoms. The molecule has 0 radical (unpaired) electrons. The van der Waals surface area contributed by atoms with Gasteiger partial charge in [-0.2, -0.15) is 0 Å². The van der Waals surface area contributed by atoms with Crippen LogP contribution in [0.1, 0.15) is 31.2 Å². The van der Waals surface area contributed by atoms with Crippen molar-refractivity contribution in [3.63, 3.8) is 0 Å². The van der Waals surface area contributed by atoms with Crippen molar-refractivity contribution in [1.29, 1.82) is 0 Å². The Morgan fingerprint density at radius 1 is 1.47 bits per heavy atom. The molecule has 1 aromatic carbocycles. The molecule has 2 rings (SSSR count). The van der Waals surface area contributed by atoms with Gasteiger partial charge in [-0.25, -0.2) is 4.39 Å². The molecule has 0 aliphatic heterocycles. The number of rotatable bonds is 3. The lowest BCUT2D eigenvalue weighted by molar-refractivity contribution is -0.117. The van der Waals surface area contributed by atoms with E-state index in [0.29, 0.717) is 18.0 Å². The first-order valence-electron chi connectivity index (χ1n) is 6.38. The molecule has 0 spiro atoms. The number of anilines is 1. The van der Waals surface area contributed by atoms with E-state index in [2.05, 4.69) is 17.2 Å². The summed E-state index contributed by atoms with van der Waals surface area (Å²) in [7, 11) is 0. The zero-order valence-corrected chi connectivity index (χ0v) is 10.6. The zero-order valence-electron chi connectivity index (χ0n) is 10.6. The molecule has 0 unspecified atom stereocenters. The normalized spacial score (nSPS) is 14.2. The van der Waals surface area contributed by atoms with E-state index in [4.69, 9.17) is 5.11 Å². The van der Waals surface area contributed by atoms with Crippen molar-refractivity contribution in [3.05, 3.63) is 29.6 Å². The van der Waals surface area contributed by atoms with E-state index in [0.717, 1.165) is 12.8 Å². The largest absolute Gasteiger partial charge is 0.384 e. The van der Waals surface area contributed by atoms with Crippen molar-refractivity contribution in [2.75, 3.05) is 11.9 Å². The standard InChI is InChI=1S/C15H16FNO2/c16-14-7-6-13(10-12(14)5-2-8-18)17-15(19)9-11-3-1-4-11/h6-7,10-11,18H,1,3-4,8-9H2,(H,17,19). The van der Waals surface area contributed by atoms with Crippen molar-refractivity contribution >= 4 is 11.6 Å². The fraction of sp³-hybridized carbons (Fsp3) is 0.400. The number of nitrogens with one attached hydrogen (secondary N) is 1. The predicted octanol–water partition coefficient (Wildman–Crippen LogP) is 2.30. The molecule has 1 aliphatic rings. The fourth-order valence-electron chi connectivity index (χ4n) is 2.00.